The van der Waals surface area contributed by atoms with Crippen LogP contribution in [-0.4, -0.2) is 18.2 Å². The summed E-state index contributed by atoms with van der Waals surface area (Å²) in [6.45, 7) is 0. The molecule has 2 heteroatoms. The molecular weight excluding hydrogens is 96.1 g/mol. The molecule has 0 unspecified atom stereocenters. The predicted octanol–water partition coefficient (Wildman–Crippen LogP) is 0.938. The topological polar surface area (TPSA) is 17.1 Å². The minimum Gasteiger partial charge on any atom is -0.303 e. The van der Waals surface area contributed by atoms with Crippen molar-refractivity contribution in [3.05, 3.63) is 0 Å². The summed E-state index contributed by atoms with van der Waals surface area (Å²) >= 11 is 0.827. The minimum atomic E-state index is -1.94. The third-order valence-corrected chi connectivity index (χ3v) is 0.778. The summed E-state index contributed by atoms with van der Waals surface area (Å²) in [5.41, 5.74) is 0. The van der Waals surface area contributed by atoms with Gasteiger partial charge in [0.25, 0.3) is 0 Å². The van der Waals surface area contributed by atoms with Crippen molar-refractivity contribution in [2.45, 2.75) is 6.42 Å². The van der Waals surface area contributed by atoms with Crippen molar-refractivity contribution in [1.29, 1.82) is 0 Å². The van der Waals surface area contributed by atoms with Crippen LogP contribution in [0.4, 0.5) is 0 Å². The quantitative estimate of drug-likeness (QED) is 0.394. The number of rotatable bonds is 3. The molecule has 0 aliphatic rings. The molecule has 0 fully saturated rings. The Labute approximate surface area is 46.3 Å². The summed E-state index contributed by atoms with van der Waals surface area (Å²) in [7, 11) is 0. The molecule has 0 saturated carbocycles. The molecule has 0 aliphatic heterocycles. The molecule has 0 spiro atoms. The third-order valence-electron chi connectivity index (χ3n) is 0.338. The molecule has 0 atom stereocenters. The summed E-state index contributed by atoms with van der Waals surface area (Å²) in [5.74, 6) is 0.389. The van der Waals surface area contributed by atoms with Crippen LogP contribution in [0, 0.1) is 0 Å². The minimum absolute atomic E-state index is 0.322. The fourth-order valence-corrected chi connectivity index (χ4v) is 0.321. The maximum absolute atomic E-state index is 9.69. The van der Waals surface area contributed by atoms with Crippen LogP contribution in [0.25, 0.3) is 0 Å². The van der Waals surface area contributed by atoms with Crippen molar-refractivity contribution in [2.24, 2.45) is 0 Å². The number of hydrogen-bond donors (Lipinski definition) is 0. The van der Waals surface area contributed by atoms with Crippen LogP contribution in [-0.2, 0) is 4.79 Å². The van der Waals surface area contributed by atoms with E-state index in [2.05, 4.69) is 0 Å². The van der Waals surface area contributed by atoms with Crippen molar-refractivity contribution < 1.29 is 8.91 Å². The second kappa shape index (κ2) is 5.02. The lowest BCUT2D eigenvalue weighted by Crippen LogP contribution is -1.75. The van der Waals surface area contributed by atoms with Crippen LogP contribution in [0.1, 0.15) is 10.5 Å². The SMILES string of the molecule is [2H]C([2H])([2H])SCCC=O. The normalized spacial score (nSPS) is 17.7. The van der Waals surface area contributed by atoms with Gasteiger partial charge in [0.05, 0.1) is 0 Å². The first kappa shape index (κ1) is 2.36. The van der Waals surface area contributed by atoms with Gasteiger partial charge in [-0.1, -0.05) is 0 Å². The highest BCUT2D eigenvalue weighted by Crippen LogP contribution is 1.90. The van der Waals surface area contributed by atoms with Gasteiger partial charge in [-0.05, 0) is 11.9 Å². The van der Waals surface area contributed by atoms with Gasteiger partial charge in [0.1, 0.15) is 6.29 Å². The van der Waals surface area contributed by atoms with Gasteiger partial charge in [0, 0.05) is 10.5 Å². The monoisotopic (exact) mass is 107 g/mol. The zero-order valence-electron chi connectivity index (χ0n) is 6.31. The Morgan fingerprint density at radius 1 is 2.17 bits per heavy atom. The Hall–Kier alpha value is 0.0200. The van der Waals surface area contributed by atoms with Gasteiger partial charge in [-0.25, -0.2) is 0 Å². The molecule has 6 heavy (non-hydrogen) atoms. The van der Waals surface area contributed by atoms with Crippen LogP contribution in [0.2, 0.25) is 0 Å². The smallest absolute Gasteiger partial charge is 0.120 e. The summed E-state index contributed by atoms with van der Waals surface area (Å²) in [6, 6.07) is 0. The van der Waals surface area contributed by atoms with E-state index in [1.165, 1.54) is 0 Å². The van der Waals surface area contributed by atoms with E-state index in [4.69, 9.17) is 4.11 Å². The highest BCUT2D eigenvalue weighted by molar-refractivity contribution is 7.98. The van der Waals surface area contributed by atoms with Gasteiger partial charge in [0.2, 0.25) is 0 Å². The summed E-state index contributed by atoms with van der Waals surface area (Å²) in [5, 5.41) is 0. The molecule has 0 amide bonds. The molecule has 36 valence electrons. The number of thioether (sulfide) groups is 1. The lowest BCUT2D eigenvalue weighted by molar-refractivity contribution is -0.107. The highest BCUT2D eigenvalue weighted by Gasteiger charge is 1.74. The van der Waals surface area contributed by atoms with Gasteiger partial charge >= 0.3 is 0 Å². The molecule has 0 radical (unpaired) electrons. The van der Waals surface area contributed by atoms with Crippen molar-refractivity contribution in [3.63, 3.8) is 0 Å². The Morgan fingerprint density at radius 3 is 3.50 bits per heavy atom. The van der Waals surface area contributed by atoms with Gasteiger partial charge in [-0.15, -0.1) is 0 Å². The summed E-state index contributed by atoms with van der Waals surface area (Å²) in [4.78, 5) is 9.69. The van der Waals surface area contributed by atoms with E-state index in [1.807, 2.05) is 0 Å². The third kappa shape index (κ3) is 4.02. The Bertz CT molecular complexity index is 90.3. The number of carbonyl (C=O) groups is 1. The van der Waals surface area contributed by atoms with E-state index in [1.54, 1.807) is 0 Å². The second-order valence-electron chi connectivity index (χ2n) is 0.804. The Morgan fingerprint density at radius 2 is 3.00 bits per heavy atom. The first-order valence-electron chi connectivity index (χ1n) is 3.14. The van der Waals surface area contributed by atoms with Gasteiger partial charge in [-0.3, -0.25) is 0 Å². The van der Waals surface area contributed by atoms with E-state index in [9.17, 15) is 4.79 Å². The van der Waals surface area contributed by atoms with Crippen LogP contribution in [0.3, 0.4) is 0 Å². The van der Waals surface area contributed by atoms with E-state index >= 15 is 0 Å². The molecule has 0 N–H and O–H groups in total. The second-order valence-corrected chi connectivity index (χ2v) is 1.50. The van der Waals surface area contributed by atoms with Gasteiger partial charge in [-0.2, -0.15) is 11.8 Å². The first-order chi connectivity index (χ1) is 4.06. The van der Waals surface area contributed by atoms with Crippen LogP contribution in [0.5, 0.6) is 0 Å². The van der Waals surface area contributed by atoms with E-state index in [0.29, 0.717) is 12.2 Å². The maximum Gasteiger partial charge on any atom is 0.120 e. The predicted molar refractivity (Wildman–Crippen MR) is 29.1 cm³/mol. The van der Waals surface area contributed by atoms with E-state index in [0.717, 1.165) is 18.0 Å². The average Bonchev–Trinajstić information content (AvgIpc) is 1.63. The van der Waals surface area contributed by atoms with Gasteiger partial charge < -0.3 is 4.79 Å². The molecule has 0 rings (SSSR count). The zero-order chi connectivity index (χ0) is 7.33. The Balaban J connectivity index is 3.17. The Kier molecular flexibility index (Phi) is 1.97. The van der Waals surface area contributed by atoms with E-state index in [-0.39, 0.29) is 0 Å². The molecule has 0 aromatic rings. The molecule has 0 aromatic heterocycles. The van der Waals surface area contributed by atoms with Gasteiger partial charge in [0.15, 0.2) is 0 Å². The standard InChI is InChI=1S/C4H8OS/c1-6-4-2-3-5/h3H,2,4H2,1H3/i1D3. The fraction of sp³-hybridized carbons (Fsp3) is 0.750. The lowest BCUT2D eigenvalue weighted by Gasteiger charge is -1.79. The highest BCUT2D eigenvalue weighted by atomic mass is 32.2. The fourth-order valence-electron chi connectivity index (χ4n) is 0.107. The molecule has 0 heterocycles. The van der Waals surface area contributed by atoms with Crippen LogP contribution >= 0.6 is 11.8 Å². The summed E-state index contributed by atoms with van der Waals surface area (Å²) < 4.78 is 20.1. The maximum atomic E-state index is 9.69. The lowest BCUT2D eigenvalue weighted by atomic mass is 10.6. The summed E-state index contributed by atoms with van der Waals surface area (Å²) in [6.07, 6.45) is -0.898. The number of carbonyl (C=O) groups excluding carboxylic acids is 1. The molecule has 0 saturated heterocycles. The first-order valence-corrected chi connectivity index (χ1v) is 2.62. The zero-order valence-corrected chi connectivity index (χ0v) is 4.12. The number of hydrogen-bond acceptors (Lipinski definition) is 2. The van der Waals surface area contributed by atoms with Crippen molar-refractivity contribution in [1.82, 2.24) is 0 Å². The van der Waals surface area contributed by atoms with Crippen molar-refractivity contribution >= 4 is 18.0 Å². The molecule has 1 nitrogen and oxygen atoms in total. The van der Waals surface area contributed by atoms with E-state index < -0.39 is 6.18 Å². The average molecular weight is 107 g/mol. The van der Waals surface area contributed by atoms with Crippen LogP contribution < -0.4 is 0 Å². The molecule has 0 bridgehead atoms. The van der Waals surface area contributed by atoms with Crippen molar-refractivity contribution in [2.75, 3.05) is 11.9 Å². The molecule has 0 aliphatic carbocycles. The number of aldehydes is 1. The van der Waals surface area contributed by atoms with Crippen LogP contribution in [0.15, 0.2) is 0 Å². The molecule has 0 aromatic carbocycles. The van der Waals surface area contributed by atoms with Crippen molar-refractivity contribution in [3.8, 4) is 0 Å². The molecular formula is C4H8OS. The largest absolute Gasteiger partial charge is 0.303 e.